The van der Waals surface area contributed by atoms with Crippen LogP contribution in [0.4, 0.5) is 0 Å². The maximum Gasteiger partial charge on any atom is 0.330 e. The smallest absolute Gasteiger partial charge is 0.330 e. The van der Waals surface area contributed by atoms with Crippen LogP contribution in [-0.2, 0) is 16.1 Å². The number of esters is 1. The van der Waals surface area contributed by atoms with Gasteiger partial charge in [0.2, 0.25) is 0 Å². The number of thiophene rings is 1. The molecule has 0 aliphatic rings. The van der Waals surface area contributed by atoms with Crippen molar-refractivity contribution in [1.82, 2.24) is 0 Å². The number of carbonyl (C=O) groups excluding carboxylic acids is 1. The average Bonchev–Trinajstić information content (AvgIpc) is 2.96. The first-order valence-corrected chi connectivity index (χ1v) is 8.04. The van der Waals surface area contributed by atoms with Crippen LogP contribution in [0.25, 0.3) is 6.08 Å². The molecular formula is C16H15BrO4S. The number of carbonyl (C=O) groups is 1. The van der Waals surface area contributed by atoms with Crippen molar-refractivity contribution in [3.8, 4) is 11.5 Å². The molecule has 0 aliphatic carbocycles. The Hall–Kier alpha value is -1.79. The largest absolute Gasteiger partial charge is 0.493 e. The Morgan fingerprint density at radius 2 is 2.05 bits per heavy atom. The third-order valence-corrected chi connectivity index (χ3v) is 4.40. The van der Waals surface area contributed by atoms with E-state index in [-0.39, 0.29) is 0 Å². The summed E-state index contributed by atoms with van der Waals surface area (Å²) in [5.41, 5.74) is 0.827. The second-order valence-corrected chi connectivity index (χ2v) is 6.81. The molecule has 0 amide bonds. The molecule has 0 saturated carbocycles. The minimum Gasteiger partial charge on any atom is -0.493 e. The summed E-state index contributed by atoms with van der Waals surface area (Å²) >= 11 is 5.05. The Morgan fingerprint density at radius 3 is 2.68 bits per heavy atom. The zero-order chi connectivity index (χ0) is 15.9. The first-order chi connectivity index (χ1) is 10.6. The minimum atomic E-state index is -0.400. The van der Waals surface area contributed by atoms with Crippen molar-refractivity contribution in [2.45, 2.75) is 6.61 Å². The first kappa shape index (κ1) is 16.6. The van der Waals surface area contributed by atoms with Gasteiger partial charge in [-0.25, -0.2) is 4.79 Å². The number of rotatable bonds is 6. The maximum atomic E-state index is 11.1. The van der Waals surface area contributed by atoms with Crippen LogP contribution in [-0.4, -0.2) is 20.2 Å². The lowest BCUT2D eigenvalue weighted by atomic mass is 10.2. The fourth-order valence-corrected chi connectivity index (χ4v) is 3.11. The minimum absolute atomic E-state index is 0.400. The van der Waals surface area contributed by atoms with Crippen molar-refractivity contribution >= 4 is 39.3 Å². The van der Waals surface area contributed by atoms with Crippen molar-refractivity contribution in [2.75, 3.05) is 14.2 Å². The molecule has 4 nitrogen and oxygen atoms in total. The molecule has 1 aromatic carbocycles. The van der Waals surface area contributed by atoms with E-state index in [1.54, 1.807) is 30.6 Å². The molecule has 22 heavy (non-hydrogen) atoms. The van der Waals surface area contributed by atoms with E-state index in [0.29, 0.717) is 18.1 Å². The van der Waals surface area contributed by atoms with Crippen molar-refractivity contribution in [3.05, 3.63) is 50.6 Å². The zero-order valence-electron chi connectivity index (χ0n) is 12.2. The van der Waals surface area contributed by atoms with Gasteiger partial charge in [-0.3, -0.25) is 0 Å². The van der Waals surface area contributed by atoms with E-state index >= 15 is 0 Å². The van der Waals surface area contributed by atoms with E-state index in [4.69, 9.17) is 9.47 Å². The number of methoxy groups -OCH3 is 2. The first-order valence-electron chi connectivity index (χ1n) is 6.43. The summed E-state index contributed by atoms with van der Waals surface area (Å²) in [4.78, 5) is 12.2. The van der Waals surface area contributed by atoms with Gasteiger partial charge in [-0.1, -0.05) is 6.07 Å². The summed E-state index contributed by atoms with van der Waals surface area (Å²) < 4.78 is 16.7. The lowest BCUT2D eigenvalue weighted by Crippen LogP contribution is -1.96. The summed E-state index contributed by atoms with van der Waals surface area (Å²) in [6, 6.07) is 9.47. The molecule has 0 atom stereocenters. The van der Waals surface area contributed by atoms with Crippen LogP contribution in [0.2, 0.25) is 0 Å². The Morgan fingerprint density at radius 1 is 1.23 bits per heavy atom. The highest BCUT2D eigenvalue weighted by atomic mass is 79.9. The van der Waals surface area contributed by atoms with Crippen LogP contribution in [0, 0.1) is 0 Å². The highest BCUT2D eigenvalue weighted by Gasteiger charge is 2.06. The monoisotopic (exact) mass is 382 g/mol. The fraction of sp³-hybridized carbons (Fsp3) is 0.188. The van der Waals surface area contributed by atoms with Gasteiger partial charge in [0.1, 0.15) is 6.61 Å². The molecule has 0 bridgehead atoms. The Labute approximate surface area is 141 Å². The van der Waals surface area contributed by atoms with Crippen LogP contribution in [0.1, 0.15) is 10.4 Å². The van der Waals surface area contributed by atoms with Crippen molar-refractivity contribution in [3.63, 3.8) is 0 Å². The van der Waals surface area contributed by atoms with E-state index in [1.165, 1.54) is 13.2 Å². The van der Waals surface area contributed by atoms with E-state index in [1.807, 2.05) is 24.3 Å². The van der Waals surface area contributed by atoms with E-state index in [0.717, 1.165) is 14.2 Å². The normalized spacial score (nSPS) is 10.7. The van der Waals surface area contributed by atoms with Gasteiger partial charge in [0.25, 0.3) is 0 Å². The Kier molecular flexibility index (Phi) is 6.03. The van der Waals surface area contributed by atoms with Gasteiger partial charge in [-0.15, -0.1) is 11.3 Å². The third-order valence-electron chi connectivity index (χ3n) is 2.80. The third kappa shape index (κ3) is 4.61. The molecule has 0 fully saturated rings. The highest BCUT2D eigenvalue weighted by Crippen LogP contribution is 2.30. The van der Waals surface area contributed by atoms with Gasteiger partial charge in [-0.2, -0.15) is 0 Å². The summed E-state index contributed by atoms with van der Waals surface area (Å²) in [5, 5.41) is 0. The quantitative estimate of drug-likeness (QED) is 0.552. The predicted molar refractivity (Wildman–Crippen MR) is 90.4 cm³/mol. The number of hydrogen-bond acceptors (Lipinski definition) is 5. The second kappa shape index (κ2) is 8.00. The van der Waals surface area contributed by atoms with Crippen LogP contribution in [0.5, 0.6) is 11.5 Å². The molecule has 1 aromatic heterocycles. The molecule has 0 aliphatic heterocycles. The van der Waals surface area contributed by atoms with Gasteiger partial charge >= 0.3 is 5.97 Å². The van der Waals surface area contributed by atoms with Crippen LogP contribution in [0.15, 0.2) is 40.2 Å². The van der Waals surface area contributed by atoms with Gasteiger partial charge in [-0.05, 0) is 51.8 Å². The number of benzene rings is 1. The van der Waals surface area contributed by atoms with E-state index in [2.05, 4.69) is 20.7 Å². The van der Waals surface area contributed by atoms with Crippen molar-refractivity contribution < 1.29 is 19.0 Å². The van der Waals surface area contributed by atoms with Crippen LogP contribution < -0.4 is 9.47 Å². The van der Waals surface area contributed by atoms with Gasteiger partial charge in [0.15, 0.2) is 11.5 Å². The van der Waals surface area contributed by atoms with Crippen LogP contribution in [0.3, 0.4) is 0 Å². The summed E-state index contributed by atoms with van der Waals surface area (Å²) in [6.07, 6.45) is 3.02. The maximum absolute atomic E-state index is 11.1. The standard InChI is InChI=1S/C16H15BrO4S/c1-19-14-9-11(4-8-16(18)20-2)3-6-13(14)21-10-12-5-7-15(17)22-12/h3-9H,10H2,1-2H3/b8-4+. The zero-order valence-corrected chi connectivity index (χ0v) is 14.6. The highest BCUT2D eigenvalue weighted by molar-refractivity contribution is 9.11. The Bertz CT molecular complexity index is 679. The molecular weight excluding hydrogens is 368 g/mol. The molecule has 0 N–H and O–H groups in total. The number of hydrogen-bond donors (Lipinski definition) is 0. The molecule has 2 aromatic rings. The lowest BCUT2D eigenvalue weighted by molar-refractivity contribution is -0.134. The predicted octanol–water partition coefficient (Wildman–Crippen LogP) is 4.28. The van der Waals surface area contributed by atoms with E-state index < -0.39 is 5.97 Å². The molecule has 0 radical (unpaired) electrons. The van der Waals surface area contributed by atoms with Crippen molar-refractivity contribution in [1.29, 1.82) is 0 Å². The SMILES string of the molecule is COC(=O)/C=C/c1ccc(OCc2ccc(Br)s2)c(OC)c1. The molecule has 1 heterocycles. The topological polar surface area (TPSA) is 44.8 Å². The van der Waals surface area contributed by atoms with Gasteiger partial charge in [0.05, 0.1) is 18.0 Å². The summed E-state index contributed by atoms with van der Waals surface area (Å²) in [6.45, 7) is 0.476. The fourth-order valence-electron chi connectivity index (χ4n) is 1.72. The molecule has 0 spiro atoms. The average molecular weight is 383 g/mol. The molecule has 0 unspecified atom stereocenters. The number of halogens is 1. The van der Waals surface area contributed by atoms with Gasteiger partial charge < -0.3 is 14.2 Å². The van der Waals surface area contributed by atoms with Gasteiger partial charge in [0, 0.05) is 11.0 Å². The lowest BCUT2D eigenvalue weighted by Gasteiger charge is -2.10. The molecule has 2 rings (SSSR count). The Balaban J connectivity index is 2.08. The summed E-state index contributed by atoms with van der Waals surface area (Å²) in [7, 11) is 2.92. The number of ether oxygens (including phenoxy) is 3. The molecule has 6 heteroatoms. The molecule has 0 saturated heterocycles. The van der Waals surface area contributed by atoms with E-state index in [9.17, 15) is 4.79 Å². The summed E-state index contributed by atoms with van der Waals surface area (Å²) in [5.74, 6) is 0.868. The molecule has 116 valence electrons. The van der Waals surface area contributed by atoms with Crippen LogP contribution >= 0.6 is 27.3 Å². The van der Waals surface area contributed by atoms with Crippen molar-refractivity contribution in [2.24, 2.45) is 0 Å². The second-order valence-electron chi connectivity index (χ2n) is 4.26.